The number of rotatable bonds is 10. The number of amides is 1. The zero-order valence-corrected chi connectivity index (χ0v) is 17.1. The van der Waals surface area contributed by atoms with Crippen molar-refractivity contribution in [1.29, 1.82) is 0 Å². The average molecular weight is 393 g/mol. The monoisotopic (exact) mass is 392 g/mol. The van der Waals surface area contributed by atoms with Crippen LogP contribution in [0.3, 0.4) is 0 Å². The van der Waals surface area contributed by atoms with E-state index < -0.39 is 12.0 Å². The van der Waals surface area contributed by atoms with Crippen molar-refractivity contribution in [3.8, 4) is 0 Å². The van der Waals surface area contributed by atoms with Gasteiger partial charge in [0.25, 0.3) is 0 Å². The first-order valence-corrected chi connectivity index (χ1v) is 10.0. The topological polar surface area (TPSA) is 71.2 Å². The molecule has 1 atom stereocenters. The SMILES string of the molecule is COC(=O)C(Cc1c[nH]c2cccc(CCC(C)C)c12)NC(=O)CCCCl. The van der Waals surface area contributed by atoms with E-state index in [1.807, 2.05) is 18.3 Å². The van der Waals surface area contributed by atoms with Crippen molar-refractivity contribution in [3.63, 3.8) is 0 Å². The Morgan fingerprint density at radius 3 is 2.70 bits per heavy atom. The third-order valence-corrected chi connectivity index (χ3v) is 4.91. The summed E-state index contributed by atoms with van der Waals surface area (Å²) in [5.41, 5.74) is 3.32. The van der Waals surface area contributed by atoms with E-state index in [-0.39, 0.29) is 5.91 Å². The maximum atomic E-state index is 12.2. The first-order valence-electron chi connectivity index (χ1n) is 9.47. The van der Waals surface area contributed by atoms with Crippen LogP contribution in [0, 0.1) is 5.92 Å². The molecular weight excluding hydrogens is 364 g/mol. The molecule has 1 aromatic carbocycles. The Kier molecular flexibility index (Phi) is 8.17. The fraction of sp³-hybridized carbons (Fsp3) is 0.524. The molecule has 27 heavy (non-hydrogen) atoms. The van der Waals surface area contributed by atoms with Gasteiger partial charge in [-0.3, -0.25) is 4.79 Å². The summed E-state index contributed by atoms with van der Waals surface area (Å²) in [6.45, 7) is 4.42. The highest BCUT2D eigenvalue weighted by molar-refractivity contribution is 6.17. The fourth-order valence-electron chi connectivity index (χ4n) is 3.20. The Labute approximate surface area is 165 Å². The number of methoxy groups -OCH3 is 1. The van der Waals surface area contributed by atoms with Gasteiger partial charge >= 0.3 is 5.97 Å². The number of carbonyl (C=O) groups excluding carboxylic acids is 2. The molecule has 6 heteroatoms. The van der Waals surface area contributed by atoms with Crippen molar-refractivity contribution in [2.45, 2.75) is 52.0 Å². The van der Waals surface area contributed by atoms with Crippen LogP contribution >= 0.6 is 11.6 Å². The van der Waals surface area contributed by atoms with Gasteiger partial charge in [0.2, 0.25) is 5.91 Å². The number of ether oxygens (including phenoxy) is 1. The van der Waals surface area contributed by atoms with Crippen molar-refractivity contribution in [3.05, 3.63) is 35.5 Å². The van der Waals surface area contributed by atoms with Crippen LogP contribution in [0.5, 0.6) is 0 Å². The summed E-state index contributed by atoms with van der Waals surface area (Å²) in [7, 11) is 1.34. The molecule has 1 heterocycles. The molecule has 0 spiro atoms. The lowest BCUT2D eigenvalue weighted by Gasteiger charge is -2.17. The molecule has 5 nitrogen and oxygen atoms in total. The minimum Gasteiger partial charge on any atom is -0.467 e. The van der Waals surface area contributed by atoms with Gasteiger partial charge in [-0.05, 0) is 42.4 Å². The predicted molar refractivity (Wildman–Crippen MR) is 109 cm³/mol. The first-order chi connectivity index (χ1) is 13.0. The third-order valence-electron chi connectivity index (χ3n) is 4.65. The molecule has 0 aliphatic carbocycles. The van der Waals surface area contributed by atoms with Crippen LogP contribution in [-0.2, 0) is 27.2 Å². The molecule has 2 N–H and O–H groups in total. The zero-order valence-electron chi connectivity index (χ0n) is 16.3. The highest BCUT2D eigenvalue weighted by Gasteiger charge is 2.23. The Hall–Kier alpha value is -2.01. The Bertz CT molecular complexity index is 770. The lowest BCUT2D eigenvalue weighted by molar-refractivity contribution is -0.145. The molecule has 148 valence electrons. The van der Waals surface area contributed by atoms with E-state index in [9.17, 15) is 9.59 Å². The standard InChI is InChI=1S/C21H29ClN2O3/c1-14(2)9-10-15-6-4-7-17-20(15)16(13-23-17)12-18(21(26)27-3)24-19(25)8-5-11-22/h4,6-7,13-14,18,23H,5,8-12H2,1-3H3,(H,24,25). The molecule has 2 rings (SSSR count). The second-order valence-electron chi connectivity index (χ2n) is 7.23. The summed E-state index contributed by atoms with van der Waals surface area (Å²) in [6.07, 6.45) is 5.25. The molecule has 0 saturated heterocycles. The number of hydrogen-bond donors (Lipinski definition) is 2. The predicted octanol–water partition coefficient (Wildman–Crippen LogP) is 3.98. The van der Waals surface area contributed by atoms with E-state index in [0.717, 1.165) is 29.3 Å². The minimum absolute atomic E-state index is 0.189. The Morgan fingerprint density at radius 1 is 1.26 bits per heavy atom. The Morgan fingerprint density at radius 2 is 2.04 bits per heavy atom. The molecule has 0 aliphatic heterocycles. The van der Waals surface area contributed by atoms with Crippen molar-refractivity contribution in [2.75, 3.05) is 13.0 Å². The maximum Gasteiger partial charge on any atom is 0.328 e. The number of alkyl halides is 1. The molecule has 0 fully saturated rings. The number of esters is 1. The number of carbonyl (C=O) groups is 2. The van der Waals surface area contributed by atoms with E-state index >= 15 is 0 Å². The molecule has 1 amide bonds. The Balaban J connectivity index is 2.24. The van der Waals surface area contributed by atoms with Gasteiger partial charge in [-0.1, -0.05) is 26.0 Å². The first kappa shape index (κ1) is 21.3. The molecular formula is C21H29ClN2O3. The third kappa shape index (κ3) is 5.99. The number of nitrogens with one attached hydrogen (secondary N) is 2. The van der Waals surface area contributed by atoms with Gasteiger partial charge in [-0.25, -0.2) is 4.79 Å². The smallest absolute Gasteiger partial charge is 0.328 e. The second kappa shape index (κ2) is 10.4. The largest absolute Gasteiger partial charge is 0.467 e. The van der Waals surface area contributed by atoms with E-state index in [1.54, 1.807) is 0 Å². The normalized spacial score (nSPS) is 12.3. The number of aryl methyl sites for hydroxylation is 1. The summed E-state index contributed by atoms with van der Waals surface area (Å²) in [4.78, 5) is 27.6. The fourth-order valence-corrected chi connectivity index (χ4v) is 3.33. The quantitative estimate of drug-likeness (QED) is 0.474. The highest BCUT2D eigenvalue weighted by Crippen LogP contribution is 2.26. The van der Waals surface area contributed by atoms with Gasteiger partial charge < -0.3 is 15.0 Å². The van der Waals surface area contributed by atoms with Gasteiger partial charge in [0.1, 0.15) is 6.04 Å². The molecule has 0 saturated carbocycles. The maximum absolute atomic E-state index is 12.2. The minimum atomic E-state index is -0.713. The van der Waals surface area contributed by atoms with E-state index in [2.05, 4.69) is 30.2 Å². The van der Waals surface area contributed by atoms with Gasteiger partial charge in [0, 0.05) is 35.8 Å². The summed E-state index contributed by atoms with van der Waals surface area (Å²) < 4.78 is 4.90. The van der Waals surface area contributed by atoms with Gasteiger partial charge in [-0.15, -0.1) is 11.6 Å². The summed E-state index contributed by atoms with van der Waals surface area (Å²) in [5.74, 6) is 0.402. The van der Waals surface area contributed by atoms with Crippen LogP contribution in [0.4, 0.5) is 0 Å². The number of hydrogen-bond acceptors (Lipinski definition) is 3. The number of fused-ring (bicyclic) bond motifs is 1. The van der Waals surface area contributed by atoms with Crippen molar-refractivity contribution < 1.29 is 14.3 Å². The highest BCUT2D eigenvalue weighted by atomic mass is 35.5. The molecule has 1 aromatic heterocycles. The van der Waals surface area contributed by atoms with Crippen LogP contribution < -0.4 is 5.32 Å². The molecule has 0 aliphatic rings. The van der Waals surface area contributed by atoms with E-state index in [0.29, 0.717) is 31.1 Å². The van der Waals surface area contributed by atoms with Crippen molar-refractivity contribution in [2.24, 2.45) is 5.92 Å². The lowest BCUT2D eigenvalue weighted by atomic mass is 9.96. The average Bonchev–Trinajstić information content (AvgIpc) is 3.07. The van der Waals surface area contributed by atoms with Crippen LogP contribution in [0.15, 0.2) is 24.4 Å². The van der Waals surface area contributed by atoms with Crippen LogP contribution in [0.1, 0.15) is 44.2 Å². The summed E-state index contributed by atoms with van der Waals surface area (Å²) in [5, 5.41) is 3.93. The number of aromatic nitrogens is 1. The van der Waals surface area contributed by atoms with Crippen molar-refractivity contribution >= 4 is 34.4 Å². The zero-order chi connectivity index (χ0) is 19.8. The number of H-pyrrole nitrogens is 1. The van der Waals surface area contributed by atoms with Crippen LogP contribution in [0.2, 0.25) is 0 Å². The molecule has 0 bridgehead atoms. The molecule has 2 aromatic rings. The summed E-state index contributed by atoms with van der Waals surface area (Å²) in [6, 6.07) is 5.50. The van der Waals surface area contributed by atoms with Crippen molar-refractivity contribution in [1.82, 2.24) is 10.3 Å². The van der Waals surface area contributed by atoms with Gasteiger partial charge in [-0.2, -0.15) is 0 Å². The number of halogens is 1. The van der Waals surface area contributed by atoms with Crippen LogP contribution in [0.25, 0.3) is 10.9 Å². The summed E-state index contributed by atoms with van der Waals surface area (Å²) >= 11 is 5.65. The van der Waals surface area contributed by atoms with E-state index in [4.69, 9.17) is 16.3 Å². The van der Waals surface area contributed by atoms with E-state index in [1.165, 1.54) is 12.7 Å². The second-order valence-corrected chi connectivity index (χ2v) is 7.60. The van der Waals surface area contributed by atoms with Gasteiger partial charge in [0.05, 0.1) is 7.11 Å². The molecule has 0 radical (unpaired) electrons. The van der Waals surface area contributed by atoms with Crippen LogP contribution in [-0.4, -0.2) is 35.9 Å². The van der Waals surface area contributed by atoms with Gasteiger partial charge in [0.15, 0.2) is 0 Å². The lowest BCUT2D eigenvalue weighted by Crippen LogP contribution is -2.43. The molecule has 1 unspecified atom stereocenters. The number of aromatic amines is 1. The number of benzene rings is 1.